The first-order valence-electron chi connectivity index (χ1n) is 4.62. The highest BCUT2D eigenvalue weighted by atomic mass is 16.1. The van der Waals surface area contributed by atoms with Crippen molar-refractivity contribution in [1.29, 1.82) is 0 Å². The lowest BCUT2D eigenvalue weighted by molar-refractivity contribution is -0.126. The second kappa shape index (κ2) is 5.13. The predicted octanol–water partition coefficient (Wildman–Crippen LogP) is 3.35. The van der Waals surface area contributed by atoms with Gasteiger partial charge in [0.1, 0.15) is 5.78 Å². The lowest BCUT2D eigenvalue weighted by Gasteiger charge is -2.15. The fourth-order valence-corrected chi connectivity index (χ4v) is 0.949. The lowest BCUT2D eigenvalue weighted by Crippen LogP contribution is -2.19. The monoisotopic (exact) mass is 168 g/mol. The Bertz CT molecular complexity index is 151. The Labute approximate surface area is 75.9 Å². The largest absolute Gasteiger partial charge is 0.299 e. The highest BCUT2D eigenvalue weighted by Gasteiger charge is 2.19. The molecule has 0 N–H and O–H groups in total. The van der Waals surface area contributed by atoms with Crippen molar-refractivity contribution in [3.8, 4) is 0 Å². The number of carbonyl (C=O) groups is 1. The zero-order valence-corrected chi connectivity index (χ0v) is 8.52. The van der Waals surface area contributed by atoms with E-state index >= 15 is 0 Å². The second-order valence-electron chi connectivity index (χ2n) is 4.21. The number of hydrogen-bond donors (Lipinski definition) is 0. The van der Waals surface area contributed by atoms with Crippen LogP contribution in [0.3, 0.4) is 0 Å². The third-order valence-electron chi connectivity index (χ3n) is 1.90. The van der Waals surface area contributed by atoms with Gasteiger partial charge in [0.15, 0.2) is 0 Å². The molecule has 0 atom stereocenters. The summed E-state index contributed by atoms with van der Waals surface area (Å²) in [6, 6.07) is 0. The van der Waals surface area contributed by atoms with Gasteiger partial charge in [0, 0.05) is 11.8 Å². The molecule has 70 valence electrons. The Morgan fingerprint density at radius 2 is 1.92 bits per heavy atom. The van der Waals surface area contributed by atoms with Crippen molar-refractivity contribution < 1.29 is 4.79 Å². The molecular weight excluding hydrogens is 148 g/mol. The molecule has 0 aromatic rings. The van der Waals surface area contributed by atoms with Crippen LogP contribution >= 0.6 is 0 Å². The van der Waals surface area contributed by atoms with Crippen LogP contribution in [-0.2, 0) is 4.79 Å². The van der Waals surface area contributed by atoms with Gasteiger partial charge in [0.05, 0.1) is 0 Å². The van der Waals surface area contributed by atoms with E-state index in [1.54, 1.807) is 0 Å². The van der Waals surface area contributed by atoms with E-state index in [2.05, 4.69) is 6.58 Å². The minimum absolute atomic E-state index is 0.159. The molecule has 0 rings (SSSR count). The molecule has 0 bridgehead atoms. The Kier molecular flexibility index (Phi) is 4.87. The van der Waals surface area contributed by atoms with Crippen LogP contribution in [0.1, 0.15) is 46.5 Å². The highest BCUT2D eigenvalue weighted by molar-refractivity contribution is 5.83. The molecule has 0 spiro atoms. The molecule has 12 heavy (non-hydrogen) atoms. The molecule has 0 fully saturated rings. The van der Waals surface area contributed by atoms with Crippen LogP contribution < -0.4 is 0 Å². The molecule has 1 heteroatoms. The van der Waals surface area contributed by atoms with Crippen LogP contribution in [0.4, 0.5) is 0 Å². The van der Waals surface area contributed by atoms with Crippen molar-refractivity contribution >= 4 is 5.78 Å². The van der Waals surface area contributed by atoms with Crippen LogP contribution in [0.2, 0.25) is 0 Å². The van der Waals surface area contributed by atoms with E-state index in [9.17, 15) is 4.79 Å². The van der Waals surface area contributed by atoms with Gasteiger partial charge >= 0.3 is 0 Å². The molecule has 0 aromatic heterocycles. The summed E-state index contributed by atoms with van der Waals surface area (Å²) in [6.45, 7) is 9.57. The van der Waals surface area contributed by atoms with Crippen molar-refractivity contribution in [1.82, 2.24) is 0 Å². The zero-order chi connectivity index (χ0) is 9.61. The van der Waals surface area contributed by atoms with Gasteiger partial charge in [-0.05, 0) is 19.3 Å². The predicted molar refractivity (Wildman–Crippen MR) is 53.1 cm³/mol. The molecule has 0 unspecified atom stereocenters. The summed E-state index contributed by atoms with van der Waals surface area (Å²) < 4.78 is 0. The quantitative estimate of drug-likeness (QED) is 0.454. The van der Waals surface area contributed by atoms with Crippen molar-refractivity contribution in [3.63, 3.8) is 0 Å². The van der Waals surface area contributed by atoms with Gasteiger partial charge < -0.3 is 0 Å². The fraction of sp³-hybridized carbons (Fsp3) is 0.727. The normalized spacial score (nSPS) is 11.2. The van der Waals surface area contributed by atoms with E-state index in [0.717, 1.165) is 25.7 Å². The molecule has 0 amide bonds. The Morgan fingerprint density at radius 1 is 1.33 bits per heavy atom. The zero-order valence-electron chi connectivity index (χ0n) is 8.52. The lowest BCUT2D eigenvalue weighted by atomic mass is 9.88. The number of ketones is 1. The maximum Gasteiger partial charge on any atom is 0.138 e. The maximum atomic E-state index is 11.4. The summed E-state index contributed by atoms with van der Waals surface area (Å²) in [5.74, 6) is 0.367. The van der Waals surface area contributed by atoms with Gasteiger partial charge in [-0.3, -0.25) is 4.79 Å². The SMILES string of the molecule is C=CCCCCC(=O)C(C)(C)C. The Hall–Kier alpha value is -0.590. The minimum atomic E-state index is -0.159. The summed E-state index contributed by atoms with van der Waals surface area (Å²) in [7, 11) is 0. The summed E-state index contributed by atoms with van der Waals surface area (Å²) in [5, 5.41) is 0. The molecular formula is C11H20O. The van der Waals surface area contributed by atoms with Crippen molar-refractivity contribution in [2.75, 3.05) is 0 Å². The van der Waals surface area contributed by atoms with Crippen LogP contribution in [-0.4, -0.2) is 5.78 Å². The minimum Gasteiger partial charge on any atom is -0.299 e. The number of carbonyl (C=O) groups excluding carboxylic acids is 1. The third kappa shape index (κ3) is 5.11. The van der Waals surface area contributed by atoms with Gasteiger partial charge in [-0.1, -0.05) is 26.8 Å². The molecule has 0 saturated heterocycles. The van der Waals surface area contributed by atoms with Gasteiger partial charge in [-0.2, -0.15) is 0 Å². The molecule has 0 heterocycles. The fourth-order valence-electron chi connectivity index (χ4n) is 0.949. The smallest absolute Gasteiger partial charge is 0.138 e. The Morgan fingerprint density at radius 3 is 2.33 bits per heavy atom. The number of Topliss-reactive ketones (excluding diaryl/α,β-unsaturated/α-hetero) is 1. The van der Waals surface area contributed by atoms with Crippen LogP contribution in [0, 0.1) is 5.41 Å². The van der Waals surface area contributed by atoms with Crippen LogP contribution in [0.25, 0.3) is 0 Å². The summed E-state index contributed by atoms with van der Waals surface area (Å²) in [4.78, 5) is 11.4. The van der Waals surface area contributed by atoms with E-state index in [0.29, 0.717) is 5.78 Å². The van der Waals surface area contributed by atoms with E-state index in [4.69, 9.17) is 0 Å². The third-order valence-corrected chi connectivity index (χ3v) is 1.90. The van der Waals surface area contributed by atoms with Gasteiger partial charge in [0.25, 0.3) is 0 Å². The molecule has 0 saturated carbocycles. The van der Waals surface area contributed by atoms with Gasteiger partial charge in [-0.25, -0.2) is 0 Å². The average molecular weight is 168 g/mol. The highest BCUT2D eigenvalue weighted by Crippen LogP contribution is 2.18. The van der Waals surface area contributed by atoms with Crippen molar-refractivity contribution in [2.45, 2.75) is 46.5 Å². The number of unbranched alkanes of at least 4 members (excludes halogenated alkanes) is 2. The van der Waals surface area contributed by atoms with E-state index < -0.39 is 0 Å². The summed E-state index contributed by atoms with van der Waals surface area (Å²) >= 11 is 0. The van der Waals surface area contributed by atoms with Crippen molar-refractivity contribution in [2.24, 2.45) is 5.41 Å². The topological polar surface area (TPSA) is 17.1 Å². The Balaban J connectivity index is 3.51. The van der Waals surface area contributed by atoms with Gasteiger partial charge in [0.2, 0.25) is 0 Å². The summed E-state index contributed by atoms with van der Waals surface area (Å²) in [6.07, 6.45) is 5.74. The van der Waals surface area contributed by atoms with E-state index in [1.807, 2.05) is 26.8 Å². The number of allylic oxidation sites excluding steroid dienone is 1. The summed E-state index contributed by atoms with van der Waals surface area (Å²) in [5.41, 5.74) is -0.159. The molecule has 0 aliphatic carbocycles. The molecule has 0 radical (unpaired) electrons. The molecule has 0 aromatic carbocycles. The molecule has 1 nitrogen and oxygen atoms in total. The maximum absolute atomic E-state index is 11.4. The molecule has 0 aliphatic heterocycles. The average Bonchev–Trinajstić information content (AvgIpc) is 1.96. The first-order chi connectivity index (χ1) is 5.48. The van der Waals surface area contributed by atoms with E-state index in [1.165, 1.54) is 0 Å². The first-order valence-corrected chi connectivity index (χ1v) is 4.62. The second-order valence-corrected chi connectivity index (χ2v) is 4.21. The van der Waals surface area contributed by atoms with Crippen LogP contribution in [0.15, 0.2) is 12.7 Å². The number of hydrogen-bond acceptors (Lipinski definition) is 1. The van der Waals surface area contributed by atoms with Crippen molar-refractivity contribution in [3.05, 3.63) is 12.7 Å². The molecule has 0 aliphatic rings. The standard InChI is InChI=1S/C11H20O/c1-5-6-7-8-9-10(12)11(2,3)4/h5H,1,6-9H2,2-4H3. The van der Waals surface area contributed by atoms with Crippen LogP contribution in [0.5, 0.6) is 0 Å². The first kappa shape index (κ1) is 11.4. The van der Waals surface area contributed by atoms with Gasteiger partial charge in [-0.15, -0.1) is 6.58 Å². The number of rotatable bonds is 5. The van der Waals surface area contributed by atoms with E-state index in [-0.39, 0.29) is 5.41 Å².